The fourth-order valence-electron chi connectivity index (χ4n) is 4.02. The van der Waals surface area contributed by atoms with Crippen molar-refractivity contribution < 1.29 is 9.59 Å². The summed E-state index contributed by atoms with van der Waals surface area (Å²) in [5.74, 6) is 2.52. The number of rotatable bonds is 2. The molecule has 5 heteroatoms. The van der Waals surface area contributed by atoms with E-state index in [9.17, 15) is 9.59 Å². The molecule has 2 saturated heterocycles. The highest BCUT2D eigenvalue weighted by Crippen LogP contribution is 2.38. The van der Waals surface area contributed by atoms with Gasteiger partial charge in [0.2, 0.25) is 11.8 Å². The van der Waals surface area contributed by atoms with E-state index in [1.165, 1.54) is 19.3 Å². The van der Waals surface area contributed by atoms with E-state index < -0.39 is 0 Å². The Morgan fingerprint density at radius 3 is 2.75 bits per heavy atom. The van der Waals surface area contributed by atoms with Gasteiger partial charge in [0.05, 0.1) is 5.88 Å². The summed E-state index contributed by atoms with van der Waals surface area (Å²) >= 11 is 1.71. The van der Waals surface area contributed by atoms with Crippen molar-refractivity contribution in [2.24, 2.45) is 5.92 Å². The predicted octanol–water partition coefficient (Wildman–Crippen LogP) is 2.09. The minimum absolute atomic E-state index is 0.119. The number of piperidine rings is 1. The number of hydrogen-bond acceptors (Lipinski definition) is 3. The summed E-state index contributed by atoms with van der Waals surface area (Å²) in [7, 11) is 0. The van der Waals surface area contributed by atoms with Crippen molar-refractivity contribution in [3.8, 4) is 0 Å². The number of carbonyl (C=O) groups is 2. The number of amides is 2. The maximum Gasteiger partial charge on any atom is 0.246 e. The molecule has 4 nitrogen and oxygen atoms in total. The standard InChI is InChI=1S/C15H24N2O2S/c1-2-14(18)17-10-20-9-13(17)15(19)16-8-4-6-11-5-3-7-12(11)16/h11-13H,2-10H2,1H3. The average molecular weight is 296 g/mol. The average Bonchev–Trinajstić information content (AvgIpc) is 3.13. The molecule has 1 aliphatic carbocycles. The Bertz CT molecular complexity index is 401. The van der Waals surface area contributed by atoms with Gasteiger partial charge < -0.3 is 9.80 Å². The molecule has 3 fully saturated rings. The maximum atomic E-state index is 12.9. The van der Waals surface area contributed by atoms with Crippen LogP contribution in [0.3, 0.4) is 0 Å². The van der Waals surface area contributed by atoms with Crippen LogP contribution in [-0.4, -0.2) is 51.9 Å². The molecule has 112 valence electrons. The van der Waals surface area contributed by atoms with E-state index in [1.54, 1.807) is 16.7 Å². The molecule has 1 saturated carbocycles. The summed E-state index contributed by atoms with van der Waals surface area (Å²) < 4.78 is 0. The molecule has 0 aromatic rings. The third kappa shape index (κ3) is 2.45. The first-order valence-electron chi connectivity index (χ1n) is 7.90. The summed E-state index contributed by atoms with van der Waals surface area (Å²) in [5.41, 5.74) is 0. The van der Waals surface area contributed by atoms with Crippen LogP contribution < -0.4 is 0 Å². The molecule has 0 aromatic heterocycles. The van der Waals surface area contributed by atoms with Crippen molar-refractivity contribution in [1.82, 2.24) is 9.80 Å². The lowest BCUT2D eigenvalue weighted by Gasteiger charge is -2.40. The molecule has 20 heavy (non-hydrogen) atoms. The molecule has 3 unspecified atom stereocenters. The van der Waals surface area contributed by atoms with Crippen LogP contribution in [0, 0.1) is 5.92 Å². The van der Waals surface area contributed by atoms with Crippen molar-refractivity contribution in [3.63, 3.8) is 0 Å². The molecule has 3 aliphatic rings. The highest BCUT2D eigenvalue weighted by Gasteiger charge is 2.42. The van der Waals surface area contributed by atoms with Crippen LogP contribution in [0.25, 0.3) is 0 Å². The summed E-state index contributed by atoms with van der Waals surface area (Å²) in [6.07, 6.45) is 6.62. The van der Waals surface area contributed by atoms with Gasteiger partial charge in [-0.25, -0.2) is 0 Å². The molecule has 0 N–H and O–H groups in total. The molecular weight excluding hydrogens is 272 g/mol. The number of likely N-dealkylation sites (tertiary alicyclic amines) is 1. The molecule has 0 spiro atoms. The van der Waals surface area contributed by atoms with Crippen molar-refractivity contribution in [2.75, 3.05) is 18.2 Å². The van der Waals surface area contributed by atoms with E-state index in [0.29, 0.717) is 18.3 Å². The maximum absolute atomic E-state index is 12.9. The first-order valence-corrected chi connectivity index (χ1v) is 9.05. The Morgan fingerprint density at radius 1 is 1.15 bits per heavy atom. The van der Waals surface area contributed by atoms with Crippen molar-refractivity contribution in [3.05, 3.63) is 0 Å². The Hall–Kier alpha value is -0.710. The van der Waals surface area contributed by atoms with Crippen molar-refractivity contribution in [1.29, 1.82) is 0 Å². The van der Waals surface area contributed by atoms with Crippen molar-refractivity contribution in [2.45, 2.75) is 57.5 Å². The summed E-state index contributed by atoms with van der Waals surface area (Å²) in [6.45, 7) is 2.77. The van der Waals surface area contributed by atoms with Crippen LogP contribution in [0.4, 0.5) is 0 Å². The van der Waals surface area contributed by atoms with Crippen LogP contribution in [0.1, 0.15) is 45.4 Å². The van der Waals surface area contributed by atoms with Gasteiger partial charge in [-0.05, 0) is 31.6 Å². The van der Waals surface area contributed by atoms with Gasteiger partial charge in [0.15, 0.2) is 0 Å². The van der Waals surface area contributed by atoms with Gasteiger partial charge in [-0.2, -0.15) is 0 Å². The lowest BCUT2D eigenvalue weighted by atomic mass is 9.91. The van der Waals surface area contributed by atoms with Crippen LogP contribution in [0.5, 0.6) is 0 Å². The SMILES string of the molecule is CCC(=O)N1CSCC1C(=O)N1CCCC2CCCC21. The summed E-state index contributed by atoms with van der Waals surface area (Å²) in [4.78, 5) is 28.8. The lowest BCUT2D eigenvalue weighted by Crippen LogP contribution is -2.54. The zero-order chi connectivity index (χ0) is 14.1. The highest BCUT2D eigenvalue weighted by atomic mass is 32.2. The van der Waals surface area contributed by atoms with E-state index in [-0.39, 0.29) is 17.9 Å². The smallest absolute Gasteiger partial charge is 0.246 e. The zero-order valence-electron chi connectivity index (χ0n) is 12.2. The van der Waals surface area contributed by atoms with Crippen LogP contribution in [0.2, 0.25) is 0 Å². The molecule has 0 aromatic carbocycles. The minimum atomic E-state index is -0.202. The zero-order valence-corrected chi connectivity index (χ0v) is 13.0. The molecule has 0 radical (unpaired) electrons. The predicted molar refractivity (Wildman–Crippen MR) is 80.3 cm³/mol. The molecule has 2 amide bonds. The summed E-state index contributed by atoms with van der Waals surface area (Å²) in [6, 6.07) is 0.257. The van der Waals surface area contributed by atoms with E-state index in [4.69, 9.17) is 0 Å². The van der Waals surface area contributed by atoms with Crippen LogP contribution in [0.15, 0.2) is 0 Å². The van der Waals surface area contributed by atoms with Gasteiger partial charge in [-0.1, -0.05) is 13.3 Å². The van der Waals surface area contributed by atoms with Gasteiger partial charge in [0.25, 0.3) is 0 Å². The molecular formula is C15H24N2O2S. The second kappa shape index (κ2) is 5.96. The Labute approximate surface area is 125 Å². The van der Waals surface area contributed by atoms with Crippen LogP contribution >= 0.6 is 11.8 Å². The first-order chi connectivity index (χ1) is 9.72. The normalized spacial score (nSPS) is 33.4. The number of carbonyl (C=O) groups excluding carboxylic acids is 2. The van der Waals surface area contributed by atoms with Crippen molar-refractivity contribution >= 4 is 23.6 Å². The molecule has 0 bridgehead atoms. The Morgan fingerprint density at radius 2 is 1.95 bits per heavy atom. The molecule has 3 rings (SSSR count). The fourth-order valence-corrected chi connectivity index (χ4v) is 5.19. The third-order valence-electron chi connectivity index (χ3n) is 5.07. The van der Waals surface area contributed by atoms with E-state index in [1.807, 2.05) is 6.92 Å². The first kappa shape index (κ1) is 14.2. The monoisotopic (exact) mass is 296 g/mol. The number of thioether (sulfide) groups is 1. The second-order valence-corrected chi connectivity index (χ2v) is 7.16. The van der Waals surface area contributed by atoms with Gasteiger partial charge in [-0.15, -0.1) is 11.8 Å². The lowest BCUT2D eigenvalue weighted by molar-refractivity contribution is -0.146. The van der Waals surface area contributed by atoms with Gasteiger partial charge in [0, 0.05) is 24.8 Å². The quantitative estimate of drug-likeness (QED) is 0.783. The van der Waals surface area contributed by atoms with Crippen LogP contribution in [-0.2, 0) is 9.59 Å². The van der Waals surface area contributed by atoms with E-state index >= 15 is 0 Å². The van der Waals surface area contributed by atoms with Gasteiger partial charge >= 0.3 is 0 Å². The fraction of sp³-hybridized carbons (Fsp3) is 0.867. The molecule has 2 aliphatic heterocycles. The minimum Gasteiger partial charge on any atom is -0.338 e. The highest BCUT2D eigenvalue weighted by molar-refractivity contribution is 7.99. The largest absolute Gasteiger partial charge is 0.338 e. The van der Waals surface area contributed by atoms with E-state index in [0.717, 1.165) is 31.1 Å². The Kier molecular flexibility index (Phi) is 4.24. The molecule has 2 heterocycles. The Balaban J connectivity index is 1.72. The topological polar surface area (TPSA) is 40.6 Å². The number of hydrogen-bond donors (Lipinski definition) is 0. The van der Waals surface area contributed by atoms with Gasteiger partial charge in [-0.3, -0.25) is 9.59 Å². The van der Waals surface area contributed by atoms with E-state index in [2.05, 4.69) is 4.90 Å². The number of nitrogens with zero attached hydrogens (tertiary/aromatic N) is 2. The summed E-state index contributed by atoms with van der Waals surface area (Å²) in [5, 5.41) is 0. The van der Waals surface area contributed by atoms with Gasteiger partial charge in [0.1, 0.15) is 6.04 Å². The molecule has 3 atom stereocenters. The third-order valence-corrected chi connectivity index (χ3v) is 6.08. The number of fused-ring (bicyclic) bond motifs is 1. The second-order valence-electron chi connectivity index (χ2n) is 6.16.